The Bertz CT molecular complexity index is 662. The molecule has 0 aliphatic heterocycles. The molecular weight excluding hydrogens is 250 g/mol. The second kappa shape index (κ2) is 5.70. The third-order valence-electron chi connectivity index (χ3n) is 3.31. The van der Waals surface area contributed by atoms with Crippen LogP contribution in [0.2, 0.25) is 0 Å². The number of ketones is 1. The van der Waals surface area contributed by atoms with Crippen LogP contribution in [-0.2, 0) is 13.5 Å². The van der Waals surface area contributed by atoms with E-state index in [1.165, 1.54) is 0 Å². The molecule has 1 aromatic heterocycles. The number of nitriles is 1. The molecule has 0 spiro atoms. The SMILES string of the molecule is CCc1nn(C)cc1C(=O)C(C#N)c1ccc(C)cc1. The predicted molar refractivity (Wildman–Crippen MR) is 76.4 cm³/mol. The molecule has 0 saturated carbocycles. The monoisotopic (exact) mass is 267 g/mol. The van der Waals surface area contributed by atoms with Crippen molar-refractivity contribution in [2.45, 2.75) is 26.2 Å². The van der Waals surface area contributed by atoms with E-state index in [-0.39, 0.29) is 5.78 Å². The molecule has 1 atom stereocenters. The summed E-state index contributed by atoms with van der Waals surface area (Å²) in [5, 5.41) is 13.6. The van der Waals surface area contributed by atoms with Gasteiger partial charge in [-0.3, -0.25) is 9.48 Å². The molecular formula is C16H17N3O. The third-order valence-corrected chi connectivity index (χ3v) is 3.31. The summed E-state index contributed by atoms with van der Waals surface area (Å²) in [6.45, 7) is 3.93. The third kappa shape index (κ3) is 2.62. The van der Waals surface area contributed by atoms with Gasteiger partial charge in [0.05, 0.1) is 17.3 Å². The Morgan fingerprint density at radius 1 is 1.40 bits per heavy atom. The molecule has 2 rings (SSSR count). The normalized spacial score (nSPS) is 11.9. The van der Waals surface area contributed by atoms with Crippen LogP contribution in [0.3, 0.4) is 0 Å². The number of hydrogen-bond acceptors (Lipinski definition) is 3. The van der Waals surface area contributed by atoms with Crippen molar-refractivity contribution in [3.8, 4) is 6.07 Å². The number of aryl methyl sites for hydroxylation is 3. The molecule has 4 heteroatoms. The molecule has 0 aliphatic carbocycles. The van der Waals surface area contributed by atoms with E-state index in [1.807, 2.05) is 38.1 Å². The van der Waals surface area contributed by atoms with Crippen LogP contribution in [0, 0.1) is 18.3 Å². The minimum atomic E-state index is -0.773. The van der Waals surface area contributed by atoms with Gasteiger partial charge in [-0.15, -0.1) is 0 Å². The zero-order chi connectivity index (χ0) is 14.7. The molecule has 2 aromatic rings. The van der Waals surface area contributed by atoms with Gasteiger partial charge < -0.3 is 0 Å². The van der Waals surface area contributed by atoms with E-state index in [1.54, 1.807) is 17.9 Å². The second-order valence-corrected chi connectivity index (χ2v) is 4.85. The lowest BCUT2D eigenvalue weighted by molar-refractivity contribution is 0.0978. The summed E-state index contributed by atoms with van der Waals surface area (Å²) in [6, 6.07) is 9.61. The summed E-state index contributed by atoms with van der Waals surface area (Å²) in [7, 11) is 1.78. The molecule has 0 bridgehead atoms. The van der Waals surface area contributed by atoms with E-state index in [9.17, 15) is 10.1 Å². The van der Waals surface area contributed by atoms with E-state index < -0.39 is 5.92 Å². The Hall–Kier alpha value is -2.41. The van der Waals surface area contributed by atoms with E-state index >= 15 is 0 Å². The van der Waals surface area contributed by atoms with Gasteiger partial charge >= 0.3 is 0 Å². The van der Waals surface area contributed by atoms with Crippen molar-refractivity contribution in [1.82, 2.24) is 9.78 Å². The largest absolute Gasteiger partial charge is 0.292 e. The van der Waals surface area contributed by atoms with Crippen LogP contribution < -0.4 is 0 Å². The molecule has 0 aliphatic rings. The lowest BCUT2D eigenvalue weighted by atomic mass is 9.91. The highest BCUT2D eigenvalue weighted by Gasteiger charge is 2.25. The standard InChI is InChI=1S/C16H17N3O/c1-4-15-14(10-19(3)18-15)16(20)13(9-17)12-7-5-11(2)6-8-12/h5-8,10,13H,4H2,1-3H3. The number of Topliss-reactive ketones (excluding diaryl/α,β-unsaturated/α-hetero) is 1. The average Bonchev–Trinajstić information content (AvgIpc) is 2.82. The van der Waals surface area contributed by atoms with E-state index in [0.29, 0.717) is 12.0 Å². The van der Waals surface area contributed by atoms with E-state index in [2.05, 4.69) is 11.2 Å². The van der Waals surface area contributed by atoms with Gasteiger partial charge in [0, 0.05) is 13.2 Å². The molecule has 1 unspecified atom stereocenters. The van der Waals surface area contributed by atoms with Gasteiger partial charge in [0.25, 0.3) is 0 Å². The van der Waals surface area contributed by atoms with Gasteiger partial charge in [-0.1, -0.05) is 36.8 Å². The molecule has 4 nitrogen and oxygen atoms in total. The Morgan fingerprint density at radius 2 is 2.05 bits per heavy atom. The highest BCUT2D eigenvalue weighted by Crippen LogP contribution is 2.22. The van der Waals surface area contributed by atoms with Gasteiger partial charge in [0.2, 0.25) is 0 Å². The first-order valence-corrected chi connectivity index (χ1v) is 6.59. The smallest absolute Gasteiger partial charge is 0.187 e. The Labute approximate surface area is 118 Å². The number of carbonyl (C=O) groups excluding carboxylic acids is 1. The first-order chi connectivity index (χ1) is 9.56. The number of benzene rings is 1. The maximum Gasteiger partial charge on any atom is 0.187 e. The summed E-state index contributed by atoms with van der Waals surface area (Å²) in [6.07, 6.45) is 2.37. The van der Waals surface area contributed by atoms with Gasteiger partial charge in [0.1, 0.15) is 5.92 Å². The van der Waals surface area contributed by atoms with Crippen molar-refractivity contribution < 1.29 is 4.79 Å². The van der Waals surface area contributed by atoms with Crippen LogP contribution in [0.1, 0.15) is 40.0 Å². The minimum absolute atomic E-state index is 0.179. The summed E-state index contributed by atoms with van der Waals surface area (Å²) in [5.41, 5.74) is 3.12. The number of aromatic nitrogens is 2. The number of nitrogens with zero attached hydrogens (tertiary/aromatic N) is 3. The fourth-order valence-electron chi connectivity index (χ4n) is 2.20. The van der Waals surface area contributed by atoms with Gasteiger partial charge in [-0.05, 0) is 18.9 Å². The predicted octanol–water partition coefficient (Wildman–Crippen LogP) is 2.78. The fourth-order valence-corrected chi connectivity index (χ4v) is 2.20. The topological polar surface area (TPSA) is 58.7 Å². The number of hydrogen-bond donors (Lipinski definition) is 0. The summed E-state index contributed by atoms with van der Waals surface area (Å²) in [5.74, 6) is -0.952. The molecule has 0 amide bonds. The average molecular weight is 267 g/mol. The van der Waals surface area contributed by atoms with Crippen molar-refractivity contribution in [2.75, 3.05) is 0 Å². The Kier molecular flexibility index (Phi) is 3.99. The first-order valence-electron chi connectivity index (χ1n) is 6.59. The van der Waals surface area contributed by atoms with Crippen molar-refractivity contribution in [3.05, 3.63) is 52.8 Å². The van der Waals surface area contributed by atoms with Crippen molar-refractivity contribution >= 4 is 5.78 Å². The van der Waals surface area contributed by atoms with E-state index in [0.717, 1.165) is 16.8 Å². The number of carbonyl (C=O) groups is 1. The van der Waals surface area contributed by atoms with Gasteiger partial charge in [-0.2, -0.15) is 10.4 Å². The lowest BCUT2D eigenvalue weighted by Gasteiger charge is -2.08. The zero-order valence-electron chi connectivity index (χ0n) is 11.9. The summed E-state index contributed by atoms with van der Waals surface area (Å²) in [4.78, 5) is 12.6. The zero-order valence-corrected chi connectivity index (χ0v) is 11.9. The maximum atomic E-state index is 12.6. The van der Waals surface area contributed by atoms with Gasteiger partial charge in [-0.25, -0.2) is 0 Å². The molecule has 0 radical (unpaired) electrons. The van der Waals surface area contributed by atoms with Crippen LogP contribution >= 0.6 is 0 Å². The van der Waals surface area contributed by atoms with Crippen LogP contribution in [-0.4, -0.2) is 15.6 Å². The first kappa shape index (κ1) is 14.0. The summed E-state index contributed by atoms with van der Waals surface area (Å²) < 4.78 is 1.62. The van der Waals surface area contributed by atoms with Crippen LogP contribution in [0.4, 0.5) is 0 Å². The minimum Gasteiger partial charge on any atom is -0.292 e. The van der Waals surface area contributed by atoms with Crippen LogP contribution in [0.15, 0.2) is 30.5 Å². The maximum absolute atomic E-state index is 12.6. The Morgan fingerprint density at radius 3 is 2.60 bits per heavy atom. The molecule has 0 N–H and O–H groups in total. The molecule has 1 heterocycles. The number of rotatable bonds is 4. The quantitative estimate of drug-likeness (QED) is 0.800. The van der Waals surface area contributed by atoms with Gasteiger partial charge in [0.15, 0.2) is 5.78 Å². The fraction of sp³-hybridized carbons (Fsp3) is 0.312. The molecule has 102 valence electrons. The van der Waals surface area contributed by atoms with Crippen LogP contribution in [0.25, 0.3) is 0 Å². The van der Waals surface area contributed by atoms with Crippen molar-refractivity contribution in [1.29, 1.82) is 5.26 Å². The molecule has 20 heavy (non-hydrogen) atoms. The van der Waals surface area contributed by atoms with Crippen molar-refractivity contribution in [2.24, 2.45) is 7.05 Å². The highest BCUT2D eigenvalue weighted by molar-refractivity contribution is 6.03. The highest BCUT2D eigenvalue weighted by atomic mass is 16.1. The lowest BCUT2D eigenvalue weighted by Crippen LogP contribution is -2.12. The van der Waals surface area contributed by atoms with E-state index in [4.69, 9.17) is 0 Å². The van der Waals surface area contributed by atoms with Crippen molar-refractivity contribution in [3.63, 3.8) is 0 Å². The Balaban J connectivity index is 2.39. The summed E-state index contributed by atoms with van der Waals surface area (Å²) >= 11 is 0. The molecule has 0 saturated heterocycles. The van der Waals surface area contributed by atoms with Crippen LogP contribution in [0.5, 0.6) is 0 Å². The molecule has 0 fully saturated rings. The second-order valence-electron chi connectivity index (χ2n) is 4.85. The molecule has 1 aromatic carbocycles.